The summed E-state index contributed by atoms with van der Waals surface area (Å²) in [5, 5.41) is 0. The largest absolute Gasteiger partial charge is 0.312 e. The third-order valence-corrected chi connectivity index (χ3v) is 4.54. The van der Waals surface area contributed by atoms with Crippen LogP contribution in [-0.4, -0.2) is 20.9 Å². The average Bonchev–Trinajstić information content (AvgIpc) is 2.27. The molecule has 1 fully saturated rings. The summed E-state index contributed by atoms with van der Waals surface area (Å²) in [6.07, 6.45) is 2.44. The lowest BCUT2D eigenvalue weighted by Crippen LogP contribution is -2.35. The SMILES string of the molecule is Cc1cc(N2CCCCC2=O)ccc1S(=O)(=O)Cl. The number of anilines is 1. The number of aryl methyl sites for hydroxylation is 1. The number of piperidine rings is 1. The van der Waals surface area contributed by atoms with Crippen LogP contribution >= 0.6 is 10.7 Å². The van der Waals surface area contributed by atoms with Crippen molar-refractivity contribution in [1.82, 2.24) is 0 Å². The molecule has 0 radical (unpaired) electrons. The van der Waals surface area contributed by atoms with Gasteiger partial charge in [-0.1, -0.05) is 0 Å². The molecule has 1 amide bonds. The van der Waals surface area contributed by atoms with E-state index in [9.17, 15) is 13.2 Å². The third kappa shape index (κ3) is 2.67. The van der Waals surface area contributed by atoms with Crippen molar-refractivity contribution in [2.45, 2.75) is 31.1 Å². The summed E-state index contributed by atoms with van der Waals surface area (Å²) < 4.78 is 22.6. The van der Waals surface area contributed by atoms with Crippen LogP contribution < -0.4 is 4.90 Å². The molecule has 0 aliphatic carbocycles. The van der Waals surface area contributed by atoms with Gasteiger partial charge in [0.05, 0.1) is 4.90 Å². The fourth-order valence-corrected chi connectivity index (χ4v) is 3.35. The minimum Gasteiger partial charge on any atom is -0.312 e. The molecule has 0 spiro atoms. The van der Waals surface area contributed by atoms with Crippen LogP contribution in [0.25, 0.3) is 0 Å². The van der Waals surface area contributed by atoms with Gasteiger partial charge >= 0.3 is 0 Å². The van der Waals surface area contributed by atoms with Crippen molar-refractivity contribution in [2.24, 2.45) is 0 Å². The Balaban J connectivity index is 2.37. The van der Waals surface area contributed by atoms with E-state index in [1.54, 1.807) is 24.0 Å². The van der Waals surface area contributed by atoms with E-state index in [4.69, 9.17) is 10.7 Å². The van der Waals surface area contributed by atoms with Crippen molar-refractivity contribution in [1.29, 1.82) is 0 Å². The van der Waals surface area contributed by atoms with Gasteiger partial charge in [0.2, 0.25) is 5.91 Å². The lowest BCUT2D eigenvalue weighted by Gasteiger charge is -2.27. The van der Waals surface area contributed by atoms with E-state index < -0.39 is 9.05 Å². The molecule has 1 aliphatic heterocycles. The molecular weight excluding hydrogens is 274 g/mol. The van der Waals surface area contributed by atoms with Gasteiger partial charge in [0.15, 0.2) is 0 Å². The Hall–Kier alpha value is -1.07. The third-order valence-electron chi connectivity index (χ3n) is 3.06. The second kappa shape index (κ2) is 4.90. The first-order valence-electron chi connectivity index (χ1n) is 5.75. The highest BCUT2D eigenvalue weighted by Crippen LogP contribution is 2.27. The summed E-state index contributed by atoms with van der Waals surface area (Å²) in [6, 6.07) is 4.78. The maximum Gasteiger partial charge on any atom is 0.261 e. The standard InChI is InChI=1S/C12H14ClNO3S/c1-9-8-10(5-6-11(9)18(13,16)17)14-7-3-2-4-12(14)15/h5-6,8H,2-4,7H2,1H3. The van der Waals surface area contributed by atoms with Crippen molar-refractivity contribution in [3.05, 3.63) is 23.8 Å². The first-order valence-corrected chi connectivity index (χ1v) is 8.06. The van der Waals surface area contributed by atoms with Crippen molar-refractivity contribution in [2.75, 3.05) is 11.4 Å². The minimum absolute atomic E-state index is 0.0853. The molecule has 18 heavy (non-hydrogen) atoms. The minimum atomic E-state index is -3.73. The summed E-state index contributed by atoms with van der Waals surface area (Å²) in [5.74, 6) is 0.0853. The van der Waals surface area contributed by atoms with Crippen LogP contribution in [0.1, 0.15) is 24.8 Å². The maximum absolute atomic E-state index is 11.8. The van der Waals surface area contributed by atoms with Crippen molar-refractivity contribution >= 4 is 31.3 Å². The van der Waals surface area contributed by atoms with E-state index in [1.165, 1.54) is 6.07 Å². The molecule has 1 aromatic rings. The molecular formula is C12H14ClNO3S. The van der Waals surface area contributed by atoms with Crippen LogP contribution in [0.3, 0.4) is 0 Å². The summed E-state index contributed by atoms with van der Waals surface area (Å²) in [6.45, 7) is 2.36. The van der Waals surface area contributed by atoms with Crippen LogP contribution in [0.15, 0.2) is 23.1 Å². The normalized spacial score (nSPS) is 17.0. The van der Waals surface area contributed by atoms with E-state index in [-0.39, 0.29) is 10.8 Å². The Morgan fingerprint density at radius 1 is 1.28 bits per heavy atom. The molecule has 98 valence electrons. The zero-order chi connectivity index (χ0) is 13.3. The van der Waals surface area contributed by atoms with E-state index in [0.29, 0.717) is 18.5 Å². The van der Waals surface area contributed by atoms with Crippen molar-refractivity contribution in [3.63, 3.8) is 0 Å². The van der Waals surface area contributed by atoms with Gasteiger partial charge in [-0.2, -0.15) is 0 Å². The Kier molecular flexibility index (Phi) is 3.64. The van der Waals surface area contributed by atoms with Crippen molar-refractivity contribution in [3.8, 4) is 0 Å². The fraction of sp³-hybridized carbons (Fsp3) is 0.417. The number of carbonyl (C=O) groups is 1. The quantitative estimate of drug-likeness (QED) is 0.785. The van der Waals surface area contributed by atoms with Crippen LogP contribution in [-0.2, 0) is 13.8 Å². The van der Waals surface area contributed by atoms with Crippen molar-refractivity contribution < 1.29 is 13.2 Å². The average molecular weight is 288 g/mol. The highest BCUT2D eigenvalue weighted by atomic mass is 35.7. The molecule has 0 bridgehead atoms. The van der Waals surface area contributed by atoms with Crippen LogP contribution in [0.4, 0.5) is 5.69 Å². The second-order valence-corrected chi connectivity index (χ2v) is 6.92. The molecule has 0 saturated carbocycles. The Morgan fingerprint density at radius 2 is 2.00 bits per heavy atom. The number of hydrogen-bond acceptors (Lipinski definition) is 3. The number of rotatable bonds is 2. The van der Waals surface area contributed by atoms with Crippen LogP contribution in [0.5, 0.6) is 0 Å². The molecule has 1 heterocycles. The van der Waals surface area contributed by atoms with Gasteiger partial charge in [-0.25, -0.2) is 8.42 Å². The highest BCUT2D eigenvalue weighted by Gasteiger charge is 2.21. The van der Waals surface area contributed by atoms with E-state index in [0.717, 1.165) is 18.5 Å². The Labute approximate surface area is 111 Å². The number of nitrogens with zero attached hydrogens (tertiary/aromatic N) is 1. The molecule has 0 atom stereocenters. The summed E-state index contributed by atoms with van der Waals surface area (Å²) in [4.78, 5) is 13.6. The van der Waals surface area contributed by atoms with Crippen LogP contribution in [0.2, 0.25) is 0 Å². The summed E-state index contributed by atoms with van der Waals surface area (Å²) in [7, 11) is 1.60. The molecule has 0 aromatic heterocycles. The number of halogens is 1. The molecule has 1 saturated heterocycles. The molecule has 1 aliphatic rings. The fourth-order valence-electron chi connectivity index (χ4n) is 2.15. The van der Waals surface area contributed by atoms with Gasteiger partial charge < -0.3 is 4.90 Å². The second-order valence-electron chi connectivity index (χ2n) is 4.39. The zero-order valence-electron chi connectivity index (χ0n) is 10.0. The first-order chi connectivity index (χ1) is 8.39. The van der Waals surface area contributed by atoms with Gasteiger partial charge in [0.25, 0.3) is 9.05 Å². The van der Waals surface area contributed by atoms with E-state index in [2.05, 4.69) is 0 Å². The smallest absolute Gasteiger partial charge is 0.261 e. The van der Waals surface area contributed by atoms with Gasteiger partial charge in [0, 0.05) is 29.3 Å². The lowest BCUT2D eigenvalue weighted by molar-refractivity contribution is -0.119. The monoisotopic (exact) mass is 287 g/mol. The number of hydrogen-bond donors (Lipinski definition) is 0. The van der Waals surface area contributed by atoms with Gasteiger partial charge in [-0.05, 0) is 43.5 Å². The Bertz CT molecular complexity index is 583. The predicted molar refractivity (Wildman–Crippen MR) is 70.4 cm³/mol. The molecule has 4 nitrogen and oxygen atoms in total. The molecule has 6 heteroatoms. The number of carbonyl (C=O) groups excluding carboxylic acids is 1. The van der Waals surface area contributed by atoms with E-state index in [1.807, 2.05) is 0 Å². The molecule has 0 N–H and O–H groups in total. The molecule has 0 unspecified atom stereocenters. The number of amides is 1. The summed E-state index contributed by atoms with van der Waals surface area (Å²) in [5.41, 5.74) is 1.29. The highest BCUT2D eigenvalue weighted by molar-refractivity contribution is 8.13. The Morgan fingerprint density at radius 3 is 2.56 bits per heavy atom. The van der Waals surface area contributed by atoms with Gasteiger partial charge in [-0.15, -0.1) is 0 Å². The predicted octanol–water partition coefficient (Wildman–Crippen LogP) is 2.44. The summed E-state index contributed by atoms with van der Waals surface area (Å²) >= 11 is 0. The number of benzene rings is 1. The van der Waals surface area contributed by atoms with Crippen LogP contribution in [0, 0.1) is 6.92 Å². The zero-order valence-corrected chi connectivity index (χ0v) is 11.6. The van der Waals surface area contributed by atoms with Gasteiger partial charge in [-0.3, -0.25) is 4.79 Å². The first kappa shape index (κ1) is 13.4. The van der Waals surface area contributed by atoms with Gasteiger partial charge in [0.1, 0.15) is 0 Å². The van der Waals surface area contributed by atoms with E-state index >= 15 is 0 Å². The topological polar surface area (TPSA) is 54.5 Å². The molecule has 1 aromatic carbocycles. The maximum atomic E-state index is 11.8. The molecule has 2 rings (SSSR count). The lowest BCUT2D eigenvalue weighted by atomic mass is 10.1.